The lowest BCUT2D eigenvalue weighted by molar-refractivity contribution is -0.148. The second kappa shape index (κ2) is 10.6. The van der Waals surface area contributed by atoms with Crippen LogP contribution in [0.15, 0.2) is 18.2 Å². The zero-order chi connectivity index (χ0) is 21.4. The van der Waals surface area contributed by atoms with Gasteiger partial charge in [0.05, 0.1) is 10.8 Å². The highest BCUT2D eigenvalue weighted by Gasteiger charge is 2.26. The minimum absolute atomic E-state index is 0.640. The number of rotatable bonds is 13. The molecule has 0 heterocycles. The van der Waals surface area contributed by atoms with E-state index in [1.165, 1.54) is 16.7 Å². The molecule has 0 aliphatic heterocycles. The number of aryl methyl sites for hydroxylation is 3. The molecule has 0 radical (unpaired) electrons. The third kappa shape index (κ3) is 8.04. The van der Waals surface area contributed by atoms with Crippen molar-refractivity contribution < 1.29 is 19.8 Å². The number of hydrogen-bond acceptors (Lipinski definition) is 2. The van der Waals surface area contributed by atoms with Gasteiger partial charge in [0.1, 0.15) is 0 Å². The molecule has 0 saturated carbocycles. The monoisotopic (exact) mass is 390 g/mol. The molecular formula is C24H38O4. The molecule has 0 unspecified atom stereocenters. The molecule has 158 valence electrons. The van der Waals surface area contributed by atoms with Crippen molar-refractivity contribution >= 4 is 11.9 Å². The Morgan fingerprint density at radius 1 is 0.750 bits per heavy atom. The van der Waals surface area contributed by atoms with Crippen LogP contribution in [0.3, 0.4) is 0 Å². The Balaban J connectivity index is 2.49. The van der Waals surface area contributed by atoms with Crippen molar-refractivity contribution in [1.82, 2.24) is 0 Å². The van der Waals surface area contributed by atoms with E-state index in [2.05, 4.69) is 25.1 Å². The van der Waals surface area contributed by atoms with Crippen molar-refractivity contribution in [3.63, 3.8) is 0 Å². The molecular weight excluding hydrogens is 352 g/mol. The van der Waals surface area contributed by atoms with Gasteiger partial charge in [0, 0.05) is 0 Å². The Hall–Kier alpha value is -1.84. The van der Waals surface area contributed by atoms with E-state index < -0.39 is 22.8 Å². The fourth-order valence-electron chi connectivity index (χ4n) is 3.39. The molecule has 0 aliphatic rings. The van der Waals surface area contributed by atoms with E-state index in [0.717, 1.165) is 44.9 Å². The predicted molar refractivity (Wildman–Crippen MR) is 114 cm³/mol. The number of carboxylic acids is 2. The summed E-state index contributed by atoms with van der Waals surface area (Å²) in [6.07, 6.45) is 8.37. The smallest absolute Gasteiger partial charge is 0.309 e. The van der Waals surface area contributed by atoms with Crippen LogP contribution in [0.25, 0.3) is 0 Å². The van der Waals surface area contributed by atoms with Gasteiger partial charge in [0.25, 0.3) is 0 Å². The largest absolute Gasteiger partial charge is 0.481 e. The number of carboxylic acid groups (broad SMARTS) is 2. The number of aliphatic carboxylic acids is 2. The van der Waals surface area contributed by atoms with Gasteiger partial charge in [-0.2, -0.15) is 0 Å². The Bertz CT molecular complexity index is 659. The quantitative estimate of drug-likeness (QED) is 0.403. The molecule has 1 aromatic carbocycles. The van der Waals surface area contributed by atoms with E-state index in [1.807, 2.05) is 0 Å². The fraction of sp³-hybridized carbons (Fsp3) is 0.667. The Labute approximate surface area is 170 Å². The summed E-state index contributed by atoms with van der Waals surface area (Å²) in [5, 5.41) is 18.4. The van der Waals surface area contributed by atoms with Gasteiger partial charge in [0.2, 0.25) is 0 Å². The number of carbonyl (C=O) groups is 2. The summed E-state index contributed by atoms with van der Waals surface area (Å²) in [5.41, 5.74) is 2.71. The van der Waals surface area contributed by atoms with Crippen molar-refractivity contribution in [1.29, 1.82) is 0 Å². The highest BCUT2D eigenvalue weighted by Crippen LogP contribution is 2.26. The van der Waals surface area contributed by atoms with E-state index in [0.29, 0.717) is 12.8 Å². The zero-order valence-electron chi connectivity index (χ0n) is 18.3. The highest BCUT2D eigenvalue weighted by atomic mass is 16.4. The summed E-state index contributed by atoms with van der Waals surface area (Å²) in [5.74, 6) is -1.45. The summed E-state index contributed by atoms with van der Waals surface area (Å²) in [6.45, 7) is 9.27. The first-order valence-corrected chi connectivity index (χ1v) is 10.5. The van der Waals surface area contributed by atoms with Crippen molar-refractivity contribution in [2.45, 2.75) is 92.4 Å². The lowest BCUT2D eigenvalue weighted by atomic mass is 9.86. The van der Waals surface area contributed by atoms with Crippen LogP contribution in [0.4, 0.5) is 0 Å². The minimum atomic E-state index is -0.727. The van der Waals surface area contributed by atoms with E-state index in [-0.39, 0.29) is 0 Å². The van der Waals surface area contributed by atoms with Crippen molar-refractivity contribution in [2.75, 3.05) is 0 Å². The minimum Gasteiger partial charge on any atom is -0.481 e. The molecule has 0 aromatic heterocycles. The lowest BCUT2D eigenvalue weighted by Crippen LogP contribution is -2.23. The molecule has 0 saturated heterocycles. The molecule has 1 rings (SSSR count). The lowest BCUT2D eigenvalue weighted by Gasteiger charge is -2.19. The van der Waals surface area contributed by atoms with Crippen LogP contribution in [0.1, 0.15) is 89.3 Å². The number of unbranched alkanes of at least 4 members (excludes halogenated alkanes) is 3. The van der Waals surface area contributed by atoms with Gasteiger partial charge >= 0.3 is 11.9 Å². The third-order valence-corrected chi connectivity index (χ3v) is 5.77. The first-order chi connectivity index (χ1) is 13.0. The topological polar surface area (TPSA) is 74.6 Å². The van der Waals surface area contributed by atoms with Crippen molar-refractivity contribution in [3.8, 4) is 0 Å². The van der Waals surface area contributed by atoms with Crippen LogP contribution in [0.5, 0.6) is 0 Å². The summed E-state index contributed by atoms with van der Waals surface area (Å²) in [6, 6.07) is 6.62. The van der Waals surface area contributed by atoms with Gasteiger partial charge in [-0.15, -0.1) is 0 Å². The first kappa shape index (κ1) is 24.2. The predicted octanol–water partition coefficient (Wildman–Crippen LogP) is 6.03. The second-order valence-corrected chi connectivity index (χ2v) is 9.42. The van der Waals surface area contributed by atoms with Gasteiger partial charge in [-0.3, -0.25) is 9.59 Å². The summed E-state index contributed by atoms with van der Waals surface area (Å²) in [7, 11) is 0. The molecule has 2 N–H and O–H groups in total. The van der Waals surface area contributed by atoms with Gasteiger partial charge in [-0.05, 0) is 84.3 Å². The maximum atomic E-state index is 11.2. The molecule has 0 aliphatic carbocycles. The molecule has 0 atom stereocenters. The molecule has 4 nitrogen and oxygen atoms in total. The number of benzene rings is 1. The van der Waals surface area contributed by atoms with Gasteiger partial charge in [0.15, 0.2) is 0 Å². The average Bonchev–Trinajstić information content (AvgIpc) is 2.59. The maximum Gasteiger partial charge on any atom is 0.309 e. The Kier molecular flexibility index (Phi) is 9.19. The maximum absolute atomic E-state index is 11.2. The Morgan fingerprint density at radius 2 is 1.21 bits per heavy atom. The molecule has 0 fully saturated rings. The van der Waals surface area contributed by atoms with Crippen LogP contribution < -0.4 is 0 Å². The summed E-state index contributed by atoms with van der Waals surface area (Å²) < 4.78 is 0. The van der Waals surface area contributed by atoms with Crippen LogP contribution in [0, 0.1) is 17.8 Å². The molecule has 0 spiro atoms. The van der Waals surface area contributed by atoms with E-state index in [1.54, 1.807) is 27.7 Å². The second-order valence-electron chi connectivity index (χ2n) is 9.42. The third-order valence-electron chi connectivity index (χ3n) is 5.77. The van der Waals surface area contributed by atoms with Crippen LogP contribution in [-0.4, -0.2) is 22.2 Å². The Morgan fingerprint density at radius 3 is 1.75 bits per heavy atom. The van der Waals surface area contributed by atoms with E-state index in [9.17, 15) is 19.8 Å². The summed E-state index contributed by atoms with van der Waals surface area (Å²) in [4.78, 5) is 22.4. The molecule has 4 heteroatoms. The standard InChI is InChI=1S/C24H38O4/c1-18-13-14-19(11-7-6-9-15-23(2,3)21(25)26)20(17-18)12-8-10-16-24(4,5)22(27)28/h13-14,17H,6-12,15-16H2,1-5H3,(H,25,26)(H,27,28). The summed E-state index contributed by atoms with van der Waals surface area (Å²) >= 11 is 0. The van der Waals surface area contributed by atoms with Crippen LogP contribution in [-0.2, 0) is 22.4 Å². The SMILES string of the molecule is Cc1ccc(CCCCCC(C)(C)C(=O)O)c(CCCCC(C)(C)C(=O)O)c1. The normalized spacial score (nSPS) is 12.2. The van der Waals surface area contributed by atoms with Gasteiger partial charge in [-0.1, -0.05) is 43.0 Å². The fourth-order valence-corrected chi connectivity index (χ4v) is 3.39. The molecule has 28 heavy (non-hydrogen) atoms. The highest BCUT2D eigenvalue weighted by molar-refractivity contribution is 5.73. The van der Waals surface area contributed by atoms with Gasteiger partial charge in [-0.25, -0.2) is 0 Å². The zero-order valence-corrected chi connectivity index (χ0v) is 18.3. The van der Waals surface area contributed by atoms with Crippen LogP contribution in [0.2, 0.25) is 0 Å². The number of hydrogen-bond donors (Lipinski definition) is 2. The average molecular weight is 391 g/mol. The van der Waals surface area contributed by atoms with Crippen molar-refractivity contribution in [3.05, 3.63) is 34.9 Å². The van der Waals surface area contributed by atoms with Gasteiger partial charge < -0.3 is 10.2 Å². The van der Waals surface area contributed by atoms with E-state index >= 15 is 0 Å². The van der Waals surface area contributed by atoms with Crippen LogP contribution >= 0.6 is 0 Å². The van der Waals surface area contributed by atoms with Crippen molar-refractivity contribution in [2.24, 2.45) is 10.8 Å². The first-order valence-electron chi connectivity index (χ1n) is 10.5. The molecule has 0 amide bonds. The molecule has 0 bridgehead atoms. The molecule has 1 aromatic rings. The van der Waals surface area contributed by atoms with E-state index in [4.69, 9.17) is 0 Å².